The van der Waals surface area contributed by atoms with Crippen LogP contribution < -0.4 is 24.6 Å². The minimum Gasteiger partial charge on any atom is -0.473 e. The Kier molecular flexibility index (Phi) is 5.00. The van der Waals surface area contributed by atoms with E-state index in [1.54, 1.807) is 0 Å². The molecule has 2 aliphatic rings. The van der Waals surface area contributed by atoms with E-state index in [-0.39, 0.29) is 0 Å². The summed E-state index contributed by atoms with van der Waals surface area (Å²) in [5.41, 5.74) is 6.84. The van der Waals surface area contributed by atoms with E-state index in [9.17, 15) is 0 Å². The van der Waals surface area contributed by atoms with Crippen molar-refractivity contribution in [3.8, 4) is 11.5 Å². The highest BCUT2D eigenvalue weighted by molar-refractivity contribution is 5.65. The SMILES string of the molecule is c1ccc2c(c1)CN(c1ccc(Nc3ccc(N4COc5ccccc5C4)cc3)cc1)CO2. The Morgan fingerprint density at radius 3 is 1.39 bits per heavy atom. The van der Waals surface area contributed by atoms with Crippen molar-refractivity contribution in [1.82, 2.24) is 0 Å². The highest BCUT2D eigenvalue weighted by Crippen LogP contribution is 2.31. The Labute approximate surface area is 193 Å². The van der Waals surface area contributed by atoms with Gasteiger partial charge in [0.15, 0.2) is 13.5 Å². The molecule has 0 bridgehead atoms. The summed E-state index contributed by atoms with van der Waals surface area (Å²) in [5, 5.41) is 3.50. The molecule has 0 amide bonds. The van der Waals surface area contributed by atoms with E-state index in [1.165, 1.54) is 11.1 Å². The van der Waals surface area contributed by atoms with Gasteiger partial charge in [-0.2, -0.15) is 0 Å². The van der Waals surface area contributed by atoms with Crippen LogP contribution in [-0.2, 0) is 13.1 Å². The van der Waals surface area contributed by atoms with Gasteiger partial charge in [-0.3, -0.25) is 0 Å². The molecule has 0 radical (unpaired) electrons. The van der Waals surface area contributed by atoms with Crippen LogP contribution in [0.15, 0.2) is 97.1 Å². The van der Waals surface area contributed by atoms with Gasteiger partial charge in [0, 0.05) is 47.0 Å². The lowest BCUT2D eigenvalue weighted by atomic mass is 10.1. The fourth-order valence-corrected chi connectivity index (χ4v) is 4.36. The zero-order valence-corrected chi connectivity index (χ0v) is 18.3. The van der Waals surface area contributed by atoms with E-state index < -0.39 is 0 Å². The number of anilines is 4. The first-order valence-corrected chi connectivity index (χ1v) is 11.2. The Morgan fingerprint density at radius 2 is 0.939 bits per heavy atom. The molecule has 1 N–H and O–H groups in total. The molecule has 0 aliphatic carbocycles. The minimum absolute atomic E-state index is 0.565. The summed E-state index contributed by atoms with van der Waals surface area (Å²) in [5.74, 6) is 1.96. The van der Waals surface area contributed by atoms with Gasteiger partial charge in [0.25, 0.3) is 0 Å². The average Bonchev–Trinajstić information content (AvgIpc) is 2.89. The number of hydrogen-bond donors (Lipinski definition) is 1. The molecule has 6 rings (SSSR count). The molecular formula is C28H25N3O2. The molecule has 0 spiro atoms. The molecule has 0 unspecified atom stereocenters. The molecule has 164 valence electrons. The standard InChI is InChI=1S/C28H25N3O2/c1-3-7-27-21(5-1)17-30(19-32-27)25-13-9-23(10-14-25)29-24-11-15-26(16-12-24)31-18-22-6-2-4-8-28(22)33-20-31/h1-16,29H,17-20H2. The fraction of sp³-hybridized carbons (Fsp3) is 0.143. The first-order chi connectivity index (χ1) is 16.3. The van der Waals surface area contributed by atoms with Crippen molar-refractivity contribution in [2.24, 2.45) is 0 Å². The van der Waals surface area contributed by atoms with Crippen LogP contribution in [0.1, 0.15) is 11.1 Å². The van der Waals surface area contributed by atoms with E-state index in [2.05, 4.69) is 87.9 Å². The van der Waals surface area contributed by atoms with Crippen LogP contribution in [-0.4, -0.2) is 13.5 Å². The third-order valence-electron chi connectivity index (χ3n) is 6.17. The summed E-state index contributed by atoms with van der Waals surface area (Å²) in [6, 6.07) is 33.4. The fourth-order valence-electron chi connectivity index (χ4n) is 4.36. The number of para-hydroxylation sites is 2. The Bertz CT molecular complexity index is 1160. The van der Waals surface area contributed by atoms with Crippen molar-refractivity contribution in [2.45, 2.75) is 13.1 Å². The van der Waals surface area contributed by atoms with Crippen LogP contribution in [0, 0.1) is 0 Å². The second-order valence-electron chi connectivity index (χ2n) is 8.38. The number of nitrogens with zero attached hydrogens (tertiary/aromatic N) is 2. The molecule has 0 aromatic heterocycles. The molecule has 0 saturated heterocycles. The second kappa shape index (κ2) is 8.43. The first kappa shape index (κ1) is 19.6. The van der Waals surface area contributed by atoms with Gasteiger partial charge < -0.3 is 24.6 Å². The predicted molar refractivity (Wildman–Crippen MR) is 132 cm³/mol. The quantitative estimate of drug-likeness (QED) is 0.417. The summed E-state index contributed by atoms with van der Waals surface area (Å²) in [7, 11) is 0. The lowest BCUT2D eigenvalue weighted by Gasteiger charge is -2.31. The molecule has 2 aliphatic heterocycles. The van der Waals surface area contributed by atoms with Gasteiger partial charge in [0.2, 0.25) is 0 Å². The van der Waals surface area contributed by atoms with Crippen LogP contribution in [0.3, 0.4) is 0 Å². The second-order valence-corrected chi connectivity index (χ2v) is 8.38. The van der Waals surface area contributed by atoms with Gasteiger partial charge in [-0.15, -0.1) is 0 Å². The lowest BCUT2D eigenvalue weighted by molar-refractivity contribution is 0.289. The van der Waals surface area contributed by atoms with Gasteiger partial charge in [0.1, 0.15) is 11.5 Å². The van der Waals surface area contributed by atoms with Gasteiger partial charge in [-0.05, 0) is 60.7 Å². The van der Waals surface area contributed by atoms with Gasteiger partial charge in [-0.25, -0.2) is 0 Å². The summed E-state index contributed by atoms with van der Waals surface area (Å²) >= 11 is 0. The third kappa shape index (κ3) is 4.05. The predicted octanol–water partition coefficient (Wildman–Crippen LogP) is 6.14. The van der Waals surface area contributed by atoms with Gasteiger partial charge >= 0.3 is 0 Å². The summed E-state index contributed by atoms with van der Waals surface area (Å²) in [6.07, 6.45) is 0. The Hall–Kier alpha value is -4.12. The lowest BCUT2D eigenvalue weighted by Crippen LogP contribution is -2.31. The first-order valence-electron chi connectivity index (χ1n) is 11.2. The van der Waals surface area contributed by atoms with Crippen LogP contribution in [0.25, 0.3) is 0 Å². The molecule has 33 heavy (non-hydrogen) atoms. The van der Waals surface area contributed by atoms with E-state index >= 15 is 0 Å². The molecule has 4 aromatic carbocycles. The van der Waals surface area contributed by atoms with E-state index in [0.29, 0.717) is 13.5 Å². The Balaban J connectivity index is 1.10. The minimum atomic E-state index is 0.565. The maximum Gasteiger partial charge on any atom is 0.161 e. The zero-order chi connectivity index (χ0) is 22.0. The molecule has 0 atom stereocenters. The molecule has 5 nitrogen and oxygen atoms in total. The zero-order valence-electron chi connectivity index (χ0n) is 18.3. The molecule has 0 fully saturated rings. The van der Waals surface area contributed by atoms with Crippen LogP contribution >= 0.6 is 0 Å². The third-order valence-corrected chi connectivity index (χ3v) is 6.17. The smallest absolute Gasteiger partial charge is 0.161 e. The average molecular weight is 436 g/mol. The summed E-state index contributed by atoms with van der Waals surface area (Å²) < 4.78 is 11.8. The van der Waals surface area contributed by atoms with Crippen LogP contribution in [0.2, 0.25) is 0 Å². The number of ether oxygens (including phenoxy) is 2. The monoisotopic (exact) mass is 435 g/mol. The van der Waals surface area contributed by atoms with Gasteiger partial charge in [-0.1, -0.05) is 36.4 Å². The normalized spacial score (nSPS) is 14.5. The maximum atomic E-state index is 5.89. The van der Waals surface area contributed by atoms with Crippen molar-refractivity contribution in [1.29, 1.82) is 0 Å². The molecule has 0 saturated carbocycles. The number of benzene rings is 4. The van der Waals surface area contributed by atoms with Crippen molar-refractivity contribution in [3.05, 3.63) is 108 Å². The number of nitrogens with one attached hydrogen (secondary N) is 1. The molecule has 5 heteroatoms. The van der Waals surface area contributed by atoms with E-state index in [1.807, 2.05) is 24.3 Å². The summed E-state index contributed by atoms with van der Waals surface area (Å²) in [6.45, 7) is 2.84. The van der Waals surface area contributed by atoms with Crippen LogP contribution in [0.5, 0.6) is 11.5 Å². The number of fused-ring (bicyclic) bond motifs is 2. The molecule has 2 heterocycles. The number of rotatable bonds is 4. The summed E-state index contributed by atoms with van der Waals surface area (Å²) in [4.78, 5) is 4.47. The van der Waals surface area contributed by atoms with Crippen molar-refractivity contribution >= 4 is 22.7 Å². The highest BCUT2D eigenvalue weighted by Gasteiger charge is 2.18. The van der Waals surface area contributed by atoms with Crippen molar-refractivity contribution < 1.29 is 9.47 Å². The Morgan fingerprint density at radius 1 is 0.515 bits per heavy atom. The van der Waals surface area contributed by atoms with Crippen molar-refractivity contribution in [2.75, 3.05) is 28.6 Å². The maximum absolute atomic E-state index is 5.89. The van der Waals surface area contributed by atoms with Crippen molar-refractivity contribution in [3.63, 3.8) is 0 Å². The van der Waals surface area contributed by atoms with Gasteiger partial charge in [0.05, 0.1) is 0 Å². The van der Waals surface area contributed by atoms with E-state index in [0.717, 1.165) is 47.3 Å². The molecule has 4 aromatic rings. The highest BCUT2D eigenvalue weighted by atomic mass is 16.5. The van der Waals surface area contributed by atoms with E-state index in [4.69, 9.17) is 9.47 Å². The largest absolute Gasteiger partial charge is 0.473 e. The van der Waals surface area contributed by atoms with Crippen LogP contribution in [0.4, 0.5) is 22.7 Å². The number of hydrogen-bond acceptors (Lipinski definition) is 5. The molecular weight excluding hydrogens is 410 g/mol. The topological polar surface area (TPSA) is 37.0 Å².